The van der Waals surface area contributed by atoms with Gasteiger partial charge in [-0.3, -0.25) is 15.0 Å². The van der Waals surface area contributed by atoms with E-state index in [1.54, 1.807) is 12.4 Å². The summed E-state index contributed by atoms with van der Waals surface area (Å²) in [5.41, 5.74) is 5.06. The maximum absolute atomic E-state index is 15.1. The SMILES string of the molecule is Fc1cc2[nH]nc(-c3nc4ncccc4[nH]3)c2cc1-c1cncc(CN2CCCCC2)c1. The number of pyridine rings is 2. The highest BCUT2D eigenvalue weighted by atomic mass is 19.1. The Kier molecular flexibility index (Phi) is 4.65. The Labute approximate surface area is 183 Å². The van der Waals surface area contributed by atoms with Crippen molar-refractivity contribution in [1.82, 2.24) is 35.0 Å². The average molecular weight is 427 g/mol. The van der Waals surface area contributed by atoms with Gasteiger partial charge in [-0.05, 0) is 55.8 Å². The van der Waals surface area contributed by atoms with Crippen LogP contribution in [0.4, 0.5) is 4.39 Å². The molecule has 5 aromatic rings. The van der Waals surface area contributed by atoms with E-state index in [2.05, 4.69) is 35.0 Å². The molecule has 160 valence electrons. The molecule has 0 saturated carbocycles. The molecule has 2 N–H and O–H groups in total. The minimum atomic E-state index is -0.309. The Balaban J connectivity index is 1.40. The van der Waals surface area contributed by atoms with E-state index in [0.29, 0.717) is 28.2 Å². The highest BCUT2D eigenvalue weighted by molar-refractivity contribution is 5.95. The van der Waals surface area contributed by atoms with Gasteiger partial charge in [0, 0.05) is 47.7 Å². The molecular formula is C24H22FN7. The molecule has 0 aliphatic carbocycles. The van der Waals surface area contributed by atoms with E-state index in [-0.39, 0.29) is 5.82 Å². The first kappa shape index (κ1) is 19.1. The van der Waals surface area contributed by atoms with Crippen molar-refractivity contribution in [1.29, 1.82) is 0 Å². The largest absolute Gasteiger partial charge is 0.335 e. The molecule has 1 fully saturated rings. The van der Waals surface area contributed by atoms with Crippen LogP contribution in [-0.4, -0.2) is 48.1 Å². The molecule has 0 atom stereocenters. The van der Waals surface area contributed by atoms with Gasteiger partial charge in [0.05, 0.1) is 11.0 Å². The fraction of sp³-hybridized carbons (Fsp3) is 0.250. The molecule has 1 aliphatic rings. The molecule has 0 spiro atoms. The van der Waals surface area contributed by atoms with Crippen molar-refractivity contribution in [3.63, 3.8) is 0 Å². The van der Waals surface area contributed by atoms with Gasteiger partial charge in [0.25, 0.3) is 0 Å². The van der Waals surface area contributed by atoms with Crippen molar-refractivity contribution in [2.45, 2.75) is 25.8 Å². The second kappa shape index (κ2) is 7.80. The molecule has 1 aromatic carbocycles. The summed E-state index contributed by atoms with van der Waals surface area (Å²) in [7, 11) is 0. The van der Waals surface area contributed by atoms with E-state index < -0.39 is 0 Å². The summed E-state index contributed by atoms with van der Waals surface area (Å²) in [6.45, 7) is 3.05. The van der Waals surface area contributed by atoms with Crippen LogP contribution in [0, 0.1) is 5.82 Å². The lowest BCUT2D eigenvalue weighted by Gasteiger charge is -2.26. The van der Waals surface area contributed by atoms with Crippen molar-refractivity contribution in [3.05, 3.63) is 60.3 Å². The van der Waals surface area contributed by atoms with Gasteiger partial charge in [-0.1, -0.05) is 6.42 Å². The molecule has 7 nitrogen and oxygen atoms in total. The first-order valence-electron chi connectivity index (χ1n) is 10.9. The Morgan fingerprint density at radius 2 is 1.94 bits per heavy atom. The van der Waals surface area contributed by atoms with Gasteiger partial charge >= 0.3 is 0 Å². The van der Waals surface area contributed by atoms with Crippen LogP contribution in [-0.2, 0) is 6.54 Å². The number of benzene rings is 1. The number of fused-ring (bicyclic) bond motifs is 2. The molecular weight excluding hydrogens is 405 g/mol. The van der Waals surface area contributed by atoms with E-state index in [1.165, 1.54) is 25.3 Å². The van der Waals surface area contributed by atoms with Gasteiger partial charge < -0.3 is 4.98 Å². The first-order valence-corrected chi connectivity index (χ1v) is 10.9. The van der Waals surface area contributed by atoms with Crippen LogP contribution in [0.3, 0.4) is 0 Å². The number of rotatable bonds is 4. The predicted molar refractivity (Wildman–Crippen MR) is 121 cm³/mol. The quantitative estimate of drug-likeness (QED) is 0.435. The van der Waals surface area contributed by atoms with Crippen molar-refractivity contribution >= 4 is 22.1 Å². The monoisotopic (exact) mass is 427 g/mol. The Bertz CT molecular complexity index is 1380. The van der Waals surface area contributed by atoms with Gasteiger partial charge in [0.15, 0.2) is 11.5 Å². The lowest BCUT2D eigenvalue weighted by atomic mass is 10.0. The van der Waals surface area contributed by atoms with Crippen LogP contribution in [0.2, 0.25) is 0 Å². The maximum Gasteiger partial charge on any atom is 0.178 e. The third-order valence-corrected chi connectivity index (χ3v) is 6.09. The van der Waals surface area contributed by atoms with E-state index in [1.807, 2.05) is 30.5 Å². The van der Waals surface area contributed by atoms with E-state index in [0.717, 1.165) is 41.7 Å². The maximum atomic E-state index is 15.1. The number of hydrogen-bond acceptors (Lipinski definition) is 5. The summed E-state index contributed by atoms with van der Waals surface area (Å²) in [6, 6.07) is 9.12. The number of aromatic amines is 2. The van der Waals surface area contributed by atoms with Crippen LogP contribution >= 0.6 is 0 Å². The fourth-order valence-corrected chi connectivity index (χ4v) is 4.49. The zero-order chi connectivity index (χ0) is 21.5. The number of imidazole rings is 1. The molecule has 1 aliphatic heterocycles. The summed E-state index contributed by atoms with van der Waals surface area (Å²) in [6.07, 6.45) is 9.06. The predicted octanol–water partition coefficient (Wildman–Crippen LogP) is 4.69. The number of likely N-dealkylation sites (tertiary alicyclic amines) is 1. The van der Waals surface area contributed by atoms with Crippen LogP contribution in [0.25, 0.3) is 44.7 Å². The van der Waals surface area contributed by atoms with Crippen molar-refractivity contribution < 1.29 is 4.39 Å². The minimum Gasteiger partial charge on any atom is -0.335 e. The Morgan fingerprint density at radius 3 is 2.81 bits per heavy atom. The van der Waals surface area contributed by atoms with Crippen LogP contribution in [0.5, 0.6) is 0 Å². The van der Waals surface area contributed by atoms with Crippen LogP contribution in [0.1, 0.15) is 24.8 Å². The Morgan fingerprint density at radius 1 is 1.03 bits per heavy atom. The van der Waals surface area contributed by atoms with E-state index >= 15 is 4.39 Å². The number of H-pyrrole nitrogens is 2. The molecule has 4 aromatic heterocycles. The summed E-state index contributed by atoms with van der Waals surface area (Å²) in [4.78, 5) is 18.9. The molecule has 5 heterocycles. The third kappa shape index (κ3) is 3.42. The highest BCUT2D eigenvalue weighted by Gasteiger charge is 2.17. The van der Waals surface area contributed by atoms with Gasteiger partial charge in [0.1, 0.15) is 11.5 Å². The smallest absolute Gasteiger partial charge is 0.178 e. The number of nitrogens with zero attached hydrogens (tertiary/aromatic N) is 5. The lowest BCUT2D eigenvalue weighted by Crippen LogP contribution is -2.29. The molecule has 0 amide bonds. The summed E-state index contributed by atoms with van der Waals surface area (Å²) in [5, 5.41) is 8.11. The zero-order valence-electron chi connectivity index (χ0n) is 17.5. The molecule has 0 unspecified atom stereocenters. The number of halogens is 1. The minimum absolute atomic E-state index is 0.309. The van der Waals surface area contributed by atoms with E-state index in [9.17, 15) is 0 Å². The molecule has 0 radical (unpaired) electrons. The zero-order valence-corrected chi connectivity index (χ0v) is 17.5. The van der Waals surface area contributed by atoms with E-state index in [4.69, 9.17) is 0 Å². The van der Waals surface area contributed by atoms with Crippen LogP contribution in [0.15, 0.2) is 48.9 Å². The molecule has 1 saturated heterocycles. The molecule has 8 heteroatoms. The number of piperidine rings is 1. The fourth-order valence-electron chi connectivity index (χ4n) is 4.49. The summed E-state index contributed by atoms with van der Waals surface area (Å²) >= 11 is 0. The van der Waals surface area contributed by atoms with Crippen molar-refractivity contribution in [2.24, 2.45) is 0 Å². The normalized spacial score (nSPS) is 15.0. The molecule has 0 bridgehead atoms. The number of aromatic nitrogens is 6. The second-order valence-electron chi connectivity index (χ2n) is 8.33. The summed E-state index contributed by atoms with van der Waals surface area (Å²) < 4.78 is 15.1. The number of hydrogen-bond donors (Lipinski definition) is 2. The first-order chi connectivity index (χ1) is 15.7. The van der Waals surface area contributed by atoms with Gasteiger partial charge in [-0.15, -0.1) is 0 Å². The van der Waals surface area contributed by atoms with Gasteiger partial charge in [0.2, 0.25) is 0 Å². The third-order valence-electron chi connectivity index (χ3n) is 6.09. The molecule has 32 heavy (non-hydrogen) atoms. The Hall–Kier alpha value is -3.65. The average Bonchev–Trinajstić information content (AvgIpc) is 3.43. The highest BCUT2D eigenvalue weighted by Crippen LogP contribution is 2.32. The van der Waals surface area contributed by atoms with Crippen molar-refractivity contribution in [3.8, 4) is 22.6 Å². The number of nitrogens with one attached hydrogen (secondary N) is 2. The lowest BCUT2D eigenvalue weighted by molar-refractivity contribution is 0.220. The van der Waals surface area contributed by atoms with Crippen molar-refractivity contribution in [2.75, 3.05) is 13.1 Å². The molecule has 6 rings (SSSR count). The summed E-state index contributed by atoms with van der Waals surface area (Å²) in [5.74, 6) is 0.287. The standard InChI is InChI=1S/C24H22FN7/c25-19-11-21-18(22(31-30-21)24-28-20-5-4-6-27-23(20)29-24)10-17(19)16-9-15(12-26-13-16)14-32-7-2-1-3-8-32/h4-6,9-13H,1-3,7-8,14H2,(H,30,31)(H,27,28,29). The second-order valence-corrected chi connectivity index (χ2v) is 8.33. The topological polar surface area (TPSA) is 86.4 Å². The van der Waals surface area contributed by atoms with Crippen LogP contribution < -0.4 is 0 Å². The van der Waals surface area contributed by atoms with Gasteiger partial charge in [-0.25, -0.2) is 14.4 Å². The van der Waals surface area contributed by atoms with Gasteiger partial charge in [-0.2, -0.15) is 5.10 Å².